The number of rotatable bonds is 4. The van der Waals surface area contributed by atoms with E-state index >= 15 is 0 Å². The molecule has 1 aliphatic heterocycles. The molecule has 3 amide bonds. The van der Waals surface area contributed by atoms with E-state index in [1.165, 1.54) is 11.1 Å². The second-order valence-corrected chi connectivity index (χ2v) is 8.52. The molecule has 0 saturated carbocycles. The maximum atomic E-state index is 12.7. The predicted octanol–water partition coefficient (Wildman–Crippen LogP) is 3.53. The second kappa shape index (κ2) is 8.66. The van der Waals surface area contributed by atoms with Gasteiger partial charge in [0.15, 0.2) is 0 Å². The minimum absolute atomic E-state index is 0.101. The molecule has 6 nitrogen and oxygen atoms in total. The Labute approximate surface area is 172 Å². The van der Waals surface area contributed by atoms with Gasteiger partial charge in [-0.15, -0.1) is 0 Å². The molecule has 0 spiro atoms. The molecule has 1 heterocycles. The SMILES string of the molecule is Cc1ccc(C(=O)NCC2NCCc3ccccc32)cc1NC(=O)NC(C)(C)C. The standard InChI is InChI=1S/C23H30N4O2/c1-15-9-10-17(13-19(15)26-22(29)27-23(2,3)4)21(28)25-14-20-18-8-6-5-7-16(18)11-12-24-20/h5-10,13,20,24H,11-12,14H2,1-4H3,(H,25,28)(H2,26,27,29). The number of benzene rings is 2. The van der Waals surface area contributed by atoms with Crippen LogP contribution < -0.4 is 21.3 Å². The molecular formula is C23H30N4O2. The van der Waals surface area contributed by atoms with E-state index in [0.29, 0.717) is 17.8 Å². The Morgan fingerprint density at radius 1 is 1.14 bits per heavy atom. The van der Waals surface area contributed by atoms with Gasteiger partial charge >= 0.3 is 6.03 Å². The number of hydrogen-bond acceptors (Lipinski definition) is 3. The number of aryl methyl sites for hydroxylation is 1. The van der Waals surface area contributed by atoms with E-state index in [2.05, 4.69) is 39.5 Å². The summed E-state index contributed by atoms with van der Waals surface area (Å²) in [5.41, 5.74) is 4.28. The van der Waals surface area contributed by atoms with Crippen molar-refractivity contribution in [3.8, 4) is 0 Å². The predicted molar refractivity (Wildman–Crippen MR) is 116 cm³/mol. The van der Waals surface area contributed by atoms with E-state index in [0.717, 1.165) is 18.5 Å². The van der Waals surface area contributed by atoms with Crippen LogP contribution in [-0.2, 0) is 6.42 Å². The van der Waals surface area contributed by atoms with Crippen molar-refractivity contribution in [2.45, 2.75) is 45.7 Å². The molecule has 6 heteroatoms. The summed E-state index contributed by atoms with van der Waals surface area (Å²) in [6, 6.07) is 13.5. The van der Waals surface area contributed by atoms with Crippen LogP contribution in [-0.4, -0.2) is 30.6 Å². The minimum Gasteiger partial charge on any atom is -0.350 e. The van der Waals surface area contributed by atoms with Crippen molar-refractivity contribution >= 4 is 17.6 Å². The molecule has 0 saturated heterocycles. The van der Waals surface area contributed by atoms with Gasteiger partial charge in [0, 0.05) is 29.4 Å². The van der Waals surface area contributed by atoms with Crippen molar-refractivity contribution in [2.75, 3.05) is 18.4 Å². The van der Waals surface area contributed by atoms with Crippen LogP contribution in [0.4, 0.5) is 10.5 Å². The van der Waals surface area contributed by atoms with Crippen LogP contribution >= 0.6 is 0 Å². The molecule has 0 fully saturated rings. The molecule has 1 aliphatic rings. The van der Waals surface area contributed by atoms with Gasteiger partial charge in [-0.2, -0.15) is 0 Å². The van der Waals surface area contributed by atoms with E-state index in [1.54, 1.807) is 12.1 Å². The molecule has 4 N–H and O–H groups in total. The number of nitrogens with one attached hydrogen (secondary N) is 4. The van der Waals surface area contributed by atoms with Gasteiger partial charge in [-0.1, -0.05) is 30.3 Å². The zero-order chi connectivity index (χ0) is 21.0. The largest absolute Gasteiger partial charge is 0.350 e. The Balaban J connectivity index is 1.65. The lowest BCUT2D eigenvalue weighted by atomic mass is 9.94. The topological polar surface area (TPSA) is 82.3 Å². The lowest BCUT2D eigenvalue weighted by molar-refractivity contribution is 0.0949. The lowest BCUT2D eigenvalue weighted by Crippen LogP contribution is -2.43. The summed E-state index contributed by atoms with van der Waals surface area (Å²) in [6.07, 6.45) is 1.00. The maximum absolute atomic E-state index is 12.7. The average Bonchev–Trinajstić information content (AvgIpc) is 2.66. The van der Waals surface area contributed by atoms with Crippen LogP contribution in [0.2, 0.25) is 0 Å². The Bertz CT molecular complexity index is 902. The highest BCUT2D eigenvalue weighted by Crippen LogP contribution is 2.22. The van der Waals surface area contributed by atoms with Gasteiger partial charge in [0.1, 0.15) is 0 Å². The Morgan fingerprint density at radius 2 is 1.90 bits per heavy atom. The normalized spacial score (nSPS) is 15.9. The zero-order valence-corrected chi connectivity index (χ0v) is 17.6. The van der Waals surface area contributed by atoms with Crippen molar-refractivity contribution in [2.24, 2.45) is 0 Å². The number of anilines is 1. The van der Waals surface area contributed by atoms with Gasteiger partial charge in [0.25, 0.3) is 5.91 Å². The molecule has 1 atom stereocenters. The smallest absolute Gasteiger partial charge is 0.319 e. The lowest BCUT2D eigenvalue weighted by Gasteiger charge is -2.27. The molecule has 0 aromatic heterocycles. The van der Waals surface area contributed by atoms with Crippen LogP contribution in [0.5, 0.6) is 0 Å². The first-order valence-electron chi connectivity index (χ1n) is 10.0. The highest BCUT2D eigenvalue weighted by molar-refractivity contribution is 5.97. The number of amides is 3. The number of fused-ring (bicyclic) bond motifs is 1. The Kier molecular flexibility index (Phi) is 6.23. The quantitative estimate of drug-likeness (QED) is 0.640. The first-order chi connectivity index (χ1) is 13.7. The Morgan fingerprint density at radius 3 is 2.66 bits per heavy atom. The van der Waals surface area contributed by atoms with Crippen LogP contribution in [0, 0.1) is 6.92 Å². The van der Waals surface area contributed by atoms with E-state index in [-0.39, 0.29) is 23.5 Å². The van der Waals surface area contributed by atoms with Crippen molar-refractivity contribution < 1.29 is 9.59 Å². The summed E-state index contributed by atoms with van der Waals surface area (Å²) in [5, 5.41) is 12.2. The third kappa shape index (κ3) is 5.57. The molecule has 2 aromatic carbocycles. The summed E-state index contributed by atoms with van der Waals surface area (Å²) in [6.45, 7) is 9.07. The molecular weight excluding hydrogens is 364 g/mol. The molecule has 3 rings (SSSR count). The number of urea groups is 1. The van der Waals surface area contributed by atoms with Gasteiger partial charge in [-0.3, -0.25) is 4.79 Å². The van der Waals surface area contributed by atoms with E-state index in [4.69, 9.17) is 0 Å². The van der Waals surface area contributed by atoms with Gasteiger partial charge in [-0.05, 0) is 69.5 Å². The molecule has 154 valence electrons. The monoisotopic (exact) mass is 394 g/mol. The summed E-state index contributed by atoms with van der Waals surface area (Å²) in [4.78, 5) is 24.9. The highest BCUT2D eigenvalue weighted by Gasteiger charge is 2.20. The third-order valence-electron chi connectivity index (χ3n) is 4.92. The second-order valence-electron chi connectivity index (χ2n) is 8.52. The number of carbonyl (C=O) groups is 2. The van der Waals surface area contributed by atoms with E-state index in [9.17, 15) is 9.59 Å². The van der Waals surface area contributed by atoms with Crippen molar-refractivity contribution in [3.05, 3.63) is 64.7 Å². The highest BCUT2D eigenvalue weighted by atomic mass is 16.2. The van der Waals surface area contributed by atoms with Crippen LogP contribution in [0.1, 0.15) is 53.9 Å². The molecule has 1 unspecified atom stereocenters. The fourth-order valence-corrected chi connectivity index (χ4v) is 3.46. The van der Waals surface area contributed by atoms with Crippen LogP contribution in [0.3, 0.4) is 0 Å². The van der Waals surface area contributed by atoms with Gasteiger partial charge < -0.3 is 21.3 Å². The first kappa shape index (κ1) is 20.9. The van der Waals surface area contributed by atoms with E-state index in [1.807, 2.05) is 39.8 Å². The van der Waals surface area contributed by atoms with Crippen molar-refractivity contribution in [1.29, 1.82) is 0 Å². The molecule has 0 radical (unpaired) electrons. The van der Waals surface area contributed by atoms with Crippen LogP contribution in [0.25, 0.3) is 0 Å². The summed E-state index contributed by atoms with van der Waals surface area (Å²) in [7, 11) is 0. The summed E-state index contributed by atoms with van der Waals surface area (Å²) >= 11 is 0. The Hall–Kier alpha value is -2.86. The van der Waals surface area contributed by atoms with Gasteiger partial charge in [0.2, 0.25) is 0 Å². The van der Waals surface area contributed by atoms with E-state index < -0.39 is 0 Å². The molecule has 2 aromatic rings. The maximum Gasteiger partial charge on any atom is 0.319 e. The van der Waals surface area contributed by atoms with Crippen molar-refractivity contribution in [3.63, 3.8) is 0 Å². The molecule has 0 aliphatic carbocycles. The average molecular weight is 395 g/mol. The molecule has 29 heavy (non-hydrogen) atoms. The van der Waals surface area contributed by atoms with Gasteiger partial charge in [-0.25, -0.2) is 4.79 Å². The summed E-state index contributed by atoms with van der Waals surface area (Å²) < 4.78 is 0. The first-order valence-corrected chi connectivity index (χ1v) is 10.0. The number of carbonyl (C=O) groups excluding carboxylic acids is 2. The minimum atomic E-state index is -0.337. The summed E-state index contributed by atoms with van der Waals surface area (Å²) in [5.74, 6) is -0.158. The van der Waals surface area contributed by atoms with Crippen molar-refractivity contribution in [1.82, 2.24) is 16.0 Å². The van der Waals surface area contributed by atoms with Gasteiger partial charge in [0.05, 0.1) is 0 Å². The fraction of sp³-hybridized carbons (Fsp3) is 0.391. The number of hydrogen-bond donors (Lipinski definition) is 4. The zero-order valence-electron chi connectivity index (χ0n) is 17.6. The molecule has 0 bridgehead atoms. The third-order valence-corrected chi connectivity index (χ3v) is 4.92. The van der Waals surface area contributed by atoms with Crippen LogP contribution in [0.15, 0.2) is 42.5 Å². The fourth-order valence-electron chi connectivity index (χ4n) is 3.46.